The Morgan fingerprint density at radius 2 is 1.85 bits per heavy atom. The first-order valence-electron chi connectivity index (χ1n) is 7.34. The number of carbonyl (C=O) groups excluding carboxylic acids is 1. The van der Waals surface area contributed by atoms with Crippen molar-refractivity contribution in [2.75, 3.05) is 13.1 Å². The van der Waals surface area contributed by atoms with Crippen LogP contribution in [-0.4, -0.2) is 41.3 Å². The van der Waals surface area contributed by atoms with Gasteiger partial charge in [-0.2, -0.15) is 13.2 Å². The van der Waals surface area contributed by atoms with Crippen molar-refractivity contribution >= 4 is 5.91 Å². The number of halogens is 3. The molecule has 4 unspecified atom stereocenters. The fraction of sp³-hybridized carbons (Fsp3) is 0.929. The second-order valence-electron chi connectivity index (χ2n) is 6.16. The zero-order chi connectivity index (χ0) is 14.9. The normalized spacial score (nSPS) is 36.0. The van der Waals surface area contributed by atoms with E-state index in [4.69, 9.17) is 0 Å². The summed E-state index contributed by atoms with van der Waals surface area (Å²) in [4.78, 5) is 13.8. The van der Waals surface area contributed by atoms with Crippen molar-refractivity contribution in [3.05, 3.63) is 0 Å². The molecule has 2 aliphatic rings. The number of likely N-dealkylation sites (tertiary alicyclic amines) is 1. The summed E-state index contributed by atoms with van der Waals surface area (Å²) in [6.45, 7) is 2.52. The smallest absolute Gasteiger partial charge is 0.391 e. The first-order chi connectivity index (χ1) is 9.30. The van der Waals surface area contributed by atoms with E-state index in [1.54, 1.807) is 0 Å². The Kier molecular flexibility index (Phi) is 4.62. The van der Waals surface area contributed by atoms with Crippen molar-refractivity contribution in [1.29, 1.82) is 0 Å². The molecule has 1 N–H and O–H groups in total. The molecule has 1 amide bonds. The van der Waals surface area contributed by atoms with Crippen molar-refractivity contribution in [2.45, 2.75) is 51.3 Å². The Morgan fingerprint density at radius 3 is 2.45 bits per heavy atom. The Hall–Kier alpha value is -0.780. The zero-order valence-electron chi connectivity index (χ0n) is 11.7. The van der Waals surface area contributed by atoms with Crippen LogP contribution in [0.2, 0.25) is 0 Å². The predicted octanol–water partition coefficient (Wildman–Crippen LogP) is 2.58. The van der Waals surface area contributed by atoms with Gasteiger partial charge >= 0.3 is 6.18 Å². The molecule has 1 heterocycles. The molecule has 6 heteroatoms. The third kappa shape index (κ3) is 3.27. The number of aliphatic hydroxyl groups is 1. The van der Waals surface area contributed by atoms with E-state index in [-0.39, 0.29) is 18.9 Å². The van der Waals surface area contributed by atoms with E-state index in [1.807, 2.05) is 6.92 Å². The number of hydrogen-bond acceptors (Lipinski definition) is 2. The van der Waals surface area contributed by atoms with Crippen LogP contribution in [0, 0.1) is 17.8 Å². The minimum Gasteiger partial charge on any atom is -0.391 e. The zero-order valence-corrected chi connectivity index (χ0v) is 11.7. The quantitative estimate of drug-likeness (QED) is 0.807. The first kappa shape index (κ1) is 15.6. The molecular weight excluding hydrogens is 271 g/mol. The third-order valence-corrected chi connectivity index (χ3v) is 4.73. The molecule has 2 rings (SSSR count). The molecule has 0 bridgehead atoms. The van der Waals surface area contributed by atoms with E-state index in [0.29, 0.717) is 32.2 Å². The minimum absolute atomic E-state index is 0.0483. The fourth-order valence-electron chi connectivity index (χ4n) is 3.30. The number of rotatable bonds is 1. The summed E-state index contributed by atoms with van der Waals surface area (Å²) < 4.78 is 39.1. The Labute approximate surface area is 117 Å². The van der Waals surface area contributed by atoms with Gasteiger partial charge in [-0.25, -0.2) is 0 Å². The van der Waals surface area contributed by atoms with E-state index in [2.05, 4.69) is 0 Å². The Morgan fingerprint density at radius 1 is 1.20 bits per heavy atom. The number of carbonyl (C=O) groups is 1. The summed E-state index contributed by atoms with van der Waals surface area (Å²) >= 11 is 0. The molecule has 0 aromatic rings. The van der Waals surface area contributed by atoms with Crippen LogP contribution in [0.4, 0.5) is 13.2 Å². The topological polar surface area (TPSA) is 40.5 Å². The lowest BCUT2D eigenvalue weighted by Crippen LogP contribution is -2.51. The van der Waals surface area contributed by atoms with Gasteiger partial charge in [-0.15, -0.1) is 0 Å². The predicted molar refractivity (Wildman–Crippen MR) is 67.9 cm³/mol. The number of hydrogen-bond donors (Lipinski definition) is 1. The lowest BCUT2D eigenvalue weighted by molar-refractivity contribution is -0.201. The largest absolute Gasteiger partial charge is 0.392 e. The highest BCUT2D eigenvalue weighted by molar-refractivity contribution is 5.79. The summed E-state index contributed by atoms with van der Waals surface area (Å²) in [5.41, 5.74) is 0. The molecule has 1 aliphatic heterocycles. The van der Waals surface area contributed by atoms with Gasteiger partial charge in [0.05, 0.1) is 12.0 Å². The monoisotopic (exact) mass is 293 g/mol. The van der Waals surface area contributed by atoms with Gasteiger partial charge < -0.3 is 10.0 Å². The number of piperidine rings is 1. The highest BCUT2D eigenvalue weighted by Crippen LogP contribution is 2.42. The lowest BCUT2D eigenvalue weighted by atomic mass is 9.77. The Bertz CT molecular complexity index is 359. The van der Waals surface area contributed by atoms with E-state index < -0.39 is 30.0 Å². The standard InChI is InChI=1S/C14H22F3NO2/c1-9-6-7-18(8-12(9)19)13(20)10-4-2-3-5-11(10)14(15,16)17/h9-12,19H,2-8H2,1H3. The molecule has 0 aromatic heterocycles. The van der Waals surface area contributed by atoms with E-state index >= 15 is 0 Å². The summed E-state index contributed by atoms with van der Waals surface area (Å²) in [6.07, 6.45) is -2.71. The highest BCUT2D eigenvalue weighted by Gasteiger charge is 2.49. The molecule has 2 fully saturated rings. The molecule has 1 aliphatic carbocycles. The van der Waals surface area contributed by atoms with Gasteiger partial charge in [0.25, 0.3) is 0 Å². The van der Waals surface area contributed by atoms with Crippen LogP contribution in [0.1, 0.15) is 39.0 Å². The fourth-order valence-corrected chi connectivity index (χ4v) is 3.30. The van der Waals surface area contributed by atoms with Crippen molar-refractivity contribution in [2.24, 2.45) is 17.8 Å². The number of nitrogens with zero attached hydrogens (tertiary/aromatic N) is 1. The van der Waals surface area contributed by atoms with Crippen LogP contribution < -0.4 is 0 Å². The number of alkyl halides is 3. The van der Waals surface area contributed by atoms with Gasteiger partial charge in [-0.05, 0) is 25.2 Å². The molecule has 4 atom stereocenters. The number of aliphatic hydroxyl groups excluding tert-OH is 1. The van der Waals surface area contributed by atoms with Crippen LogP contribution >= 0.6 is 0 Å². The van der Waals surface area contributed by atoms with Gasteiger partial charge in [-0.1, -0.05) is 19.8 Å². The second-order valence-corrected chi connectivity index (χ2v) is 6.16. The number of β-amino-alcohol motifs (C(OH)–C–C–N with tert-alkyl or cyclic N) is 1. The summed E-state index contributed by atoms with van der Waals surface area (Å²) in [5, 5.41) is 9.81. The maximum atomic E-state index is 13.0. The van der Waals surface area contributed by atoms with Crippen molar-refractivity contribution in [1.82, 2.24) is 4.90 Å². The average Bonchev–Trinajstić information content (AvgIpc) is 2.40. The molecule has 116 valence electrons. The van der Waals surface area contributed by atoms with Gasteiger partial charge in [0.15, 0.2) is 0 Å². The van der Waals surface area contributed by atoms with Crippen LogP contribution in [0.5, 0.6) is 0 Å². The van der Waals surface area contributed by atoms with Gasteiger partial charge in [0.1, 0.15) is 0 Å². The average molecular weight is 293 g/mol. The van der Waals surface area contributed by atoms with Crippen molar-refractivity contribution in [3.63, 3.8) is 0 Å². The van der Waals surface area contributed by atoms with Gasteiger partial charge in [0, 0.05) is 19.0 Å². The molecular formula is C14H22F3NO2. The van der Waals surface area contributed by atoms with Gasteiger partial charge in [-0.3, -0.25) is 4.79 Å². The van der Waals surface area contributed by atoms with Crippen LogP contribution in [-0.2, 0) is 4.79 Å². The molecule has 0 aromatic carbocycles. The lowest BCUT2D eigenvalue weighted by Gasteiger charge is -2.39. The summed E-state index contributed by atoms with van der Waals surface area (Å²) in [5.74, 6) is -2.79. The molecule has 0 spiro atoms. The molecule has 20 heavy (non-hydrogen) atoms. The van der Waals surface area contributed by atoms with Crippen molar-refractivity contribution in [3.8, 4) is 0 Å². The van der Waals surface area contributed by atoms with Crippen LogP contribution in [0.25, 0.3) is 0 Å². The highest BCUT2D eigenvalue weighted by atomic mass is 19.4. The maximum Gasteiger partial charge on any atom is 0.392 e. The van der Waals surface area contributed by atoms with E-state index in [9.17, 15) is 23.1 Å². The van der Waals surface area contributed by atoms with E-state index in [0.717, 1.165) is 0 Å². The van der Waals surface area contributed by atoms with Crippen LogP contribution in [0.3, 0.4) is 0 Å². The SMILES string of the molecule is CC1CCN(C(=O)C2CCCCC2C(F)(F)F)CC1O. The Balaban J connectivity index is 2.06. The third-order valence-electron chi connectivity index (χ3n) is 4.73. The van der Waals surface area contributed by atoms with Crippen LogP contribution in [0.15, 0.2) is 0 Å². The summed E-state index contributed by atoms with van der Waals surface area (Å²) in [7, 11) is 0. The van der Waals surface area contributed by atoms with Gasteiger partial charge in [0.2, 0.25) is 5.91 Å². The second kappa shape index (κ2) is 5.92. The van der Waals surface area contributed by atoms with Crippen molar-refractivity contribution < 1.29 is 23.1 Å². The summed E-state index contributed by atoms with van der Waals surface area (Å²) in [6, 6.07) is 0. The molecule has 1 saturated carbocycles. The first-order valence-corrected chi connectivity index (χ1v) is 7.34. The van der Waals surface area contributed by atoms with E-state index in [1.165, 1.54) is 4.90 Å². The number of amides is 1. The molecule has 3 nitrogen and oxygen atoms in total. The molecule has 0 radical (unpaired) electrons. The molecule has 1 saturated heterocycles. The maximum absolute atomic E-state index is 13.0. The minimum atomic E-state index is -4.30.